The highest BCUT2D eigenvalue weighted by atomic mass is 32.2. The first-order valence-electron chi connectivity index (χ1n) is 9.79. The molecule has 1 amide bonds. The van der Waals surface area contributed by atoms with Gasteiger partial charge in [0.1, 0.15) is 10.6 Å². The maximum Gasteiger partial charge on any atom is 0.270 e. The molecule has 1 atom stereocenters. The van der Waals surface area contributed by atoms with E-state index < -0.39 is 16.1 Å². The number of carbonyl (C=O) groups excluding carboxylic acids is 1. The van der Waals surface area contributed by atoms with Crippen LogP contribution < -0.4 is 4.72 Å². The second kappa shape index (κ2) is 7.96. The predicted octanol–water partition coefficient (Wildman–Crippen LogP) is 2.11. The molecule has 0 aliphatic carbocycles. The third-order valence-corrected chi connectivity index (χ3v) is 6.57. The predicted molar refractivity (Wildman–Crippen MR) is 107 cm³/mol. The number of aromatic nitrogens is 4. The Bertz CT molecular complexity index is 1110. The molecule has 9 nitrogen and oxygen atoms in total. The zero-order chi connectivity index (χ0) is 20.4. The molecular weight excluding hydrogens is 392 g/mol. The number of pyridine rings is 1. The lowest BCUT2D eigenvalue weighted by Gasteiger charge is -2.16. The van der Waals surface area contributed by atoms with Gasteiger partial charge in [-0.25, -0.2) is 13.1 Å². The molecule has 1 aliphatic heterocycles. The summed E-state index contributed by atoms with van der Waals surface area (Å²) in [6, 6.07) is 6.38. The normalized spacial score (nSPS) is 15.8. The van der Waals surface area contributed by atoms with E-state index in [1.165, 1.54) is 12.3 Å². The maximum atomic E-state index is 13.0. The highest BCUT2D eigenvalue weighted by Gasteiger charge is 2.27. The molecule has 2 N–H and O–H groups in total. The Hall–Kier alpha value is -2.72. The highest BCUT2D eigenvalue weighted by Crippen LogP contribution is 2.22. The largest absolute Gasteiger partial charge is 0.356 e. The highest BCUT2D eigenvalue weighted by molar-refractivity contribution is 7.89. The topological polar surface area (TPSA) is 112 Å². The summed E-state index contributed by atoms with van der Waals surface area (Å²) in [5.41, 5.74) is 0.940. The molecule has 4 heterocycles. The van der Waals surface area contributed by atoms with Gasteiger partial charge in [0.15, 0.2) is 11.5 Å². The van der Waals surface area contributed by atoms with Gasteiger partial charge in [0.25, 0.3) is 5.91 Å². The first-order chi connectivity index (χ1) is 14.0. The number of rotatable bonds is 7. The first kappa shape index (κ1) is 19.6. The molecule has 0 aromatic carbocycles. The van der Waals surface area contributed by atoms with E-state index in [0.717, 1.165) is 19.3 Å². The Morgan fingerprint density at radius 3 is 2.83 bits per heavy atom. The molecule has 1 saturated heterocycles. The van der Waals surface area contributed by atoms with Crippen molar-refractivity contribution in [3.63, 3.8) is 0 Å². The van der Waals surface area contributed by atoms with Gasteiger partial charge in [0.05, 0.1) is 6.04 Å². The number of aromatic amines is 1. The van der Waals surface area contributed by atoms with Gasteiger partial charge in [-0.1, -0.05) is 19.4 Å². The van der Waals surface area contributed by atoms with Crippen LogP contribution in [-0.2, 0) is 10.0 Å². The van der Waals surface area contributed by atoms with Crippen molar-refractivity contribution in [2.45, 2.75) is 43.5 Å². The lowest BCUT2D eigenvalue weighted by molar-refractivity contribution is 0.0787. The number of amides is 1. The number of hydrogen-bond acceptors (Lipinski definition) is 5. The number of hydrogen-bond donors (Lipinski definition) is 2. The van der Waals surface area contributed by atoms with Crippen molar-refractivity contribution in [3.8, 4) is 0 Å². The fourth-order valence-electron chi connectivity index (χ4n) is 3.63. The smallest absolute Gasteiger partial charge is 0.270 e. The van der Waals surface area contributed by atoms with E-state index in [1.54, 1.807) is 9.30 Å². The molecule has 3 aromatic rings. The lowest BCUT2D eigenvalue weighted by Crippen LogP contribution is -2.30. The number of fused-ring (bicyclic) bond motifs is 1. The van der Waals surface area contributed by atoms with Gasteiger partial charge in [-0.2, -0.15) is 0 Å². The monoisotopic (exact) mass is 416 g/mol. The van der Waals surface area contributed by atoms with Crippen LogP contribution in [0, 0.1) is 0 Å². The van der Waals surface area contributed by atoms with Crippen LogP contribution in [0.15, 0.2) is 41.6 Å². The minimum absolute atomic E-state index is 0.0370. The van der Waals surface area contributed by atoms with Crippen molar-refractivity contribution >= 4 is 21.6 Å². The Balaban J connectivity index is 1.58. The van der Waals surface area contributed by atoms with Gasteiger partial charge < -0.3 is 9.88 Å². The number of nitrogens with one attached hydrogen (secondary N) is 2. The van der Waals surface area contributed by atoms with Gasteiger partial charge in [-0.3, -0.25) is 9.20 Å². The van der Waals surface area contributed by atoms with Gasteiger partial charge in [-0.05, 0) is 37.5 Å². The average Bonchev–Trinajstić information content (AvgIpc) is 3.47. The summed E-state index contributed by atoms with van der Waals surface area (Å²) in [6.45, 7) is 3.39. The molecule has 0 radical (unpaired) electrons. The Kier molecular flexibility index (Phi) is 5.37. The summed E-state index contributed by atoms with van der Waals surface area (Å²) in [6.07, 6.45) is 6.45. The Morgan fingerprint density at radius 2 is 2.07 bits per heavy atom. The fraction of sp³-hybridized carbons (Fsp3) is 0.421. The van der Waals surface area contributed by atoms with Crippen LogP contribution in [0.3, 0.4) is 0 Å². The number of sulfonamides is 1. The SMILES string of the molecule is CCC[C@H](NS(=O)(=O)c1c[nH]c(C(=O)N2CCCC2)c1)c1nnc2ccccn12. The summed E-state index contributed by atoms with van der Waals surface area (Å²) in [5.74, 6) is 0.368. The van der Waals surface area contributed by atoms with Crippen molar-refractivity contribution in [3.05, 3.63) is 48.2 Å². The van der Waals surface area contributed by atoms with Crippen LogP contribution in [0.1, 0.15) is 55.0 Å². The molecule has 29 heavy (non-hydrogen) atoms. The Labute approximate surface area is 169 Å². The molecule has 0 saturated carbocycles. The summed E-state index contributed by atoms with van der Waals surface area (Å²) in [5, 5.41) is 8.31. The van der Waals surface area contributed by atoms with Crippen LogP contribution >= 0.6 is 0 Å². The second-order valence-electron chi connectivity index (χ2n) is 7.20. The van der Waals surface area contributed by atoms with Gasteiger partial charge >= 0.3 is 0 Å². The second-order valence-corrected chi connectivity index (χ2v) is 8.91. The molecule has 0 bridgehead atoms. The van der Waals surface area contributed by atoms with E-state index in [9.17, 15) is 13.2 Å². The molecule has 3 aromatic heterocycles. The molecule has 0 unspecified atom stereocenters. The first-order valence-corrected chi connectivity index (χ1v) is 11.3. The molecular formula is C19H24N6O3S. The summed E-state index contributed by atoms with van der Waals surface area (Å²) < 4.78 is 30.5. The van der Waals surface area contributed by atoms with Crippen molar-refractivity contribution in [1.82, 2.24) is 29.2 Å². The van der Waals surface area contributed by atoms with Crippen LogP contribution in [0.4, 0.5) is 0 Å². The molecule has 1 fully saturated rings. The molecule has 0 spiro atoms. The summed E-state index contributed by atoms with van der Waals surface area (Å²) in [7, 11) is -3.85. The Morgan fingerprint density at radius 1 is 1.28 bits per heavy atom. The third-order valence-electron chi connectivity index (χ3n) is 5.12. The fourth-order valence-corrected chi connectivity index (χ4v) is 4.85. The lowest BCUT2D eigenvalue weighted by atomic mass is 10.2. The third kappa shape index (κ3) is 3.90. The van der Waals surface area contributed by atoms with Gasteiger partial charge in [0.2, 0.25) is 10.0 Å². The number of carbonyl (C=O) groups is 1. The minimum atomic E-state index is -3.85. The quantitative estimate of drug-likeness (QED) is 0.613. The van der Waals surface area contributed by atoms with Crippen molar-refractivity contribution in [1.29, 1.82) is 0 Å². The van der Waals surface area contributed by atoms with E-state index in [-0.39, 0.29) is 16.5 Å². The number of nitrogens with zero attached hydrogens (tertiary/aromatic N) is 4. The standard InChI is InChI=1S/C19H24N6O3S/c1-2-7-15(18-22-21-17-8-3-4-11-25(17)18)23-29(27,28)14-12-16(20-13-14)19(26)24-9-5-6-10-24/h3-4,8,11-13,15,20,23H,2,5-7,9-10H2,1H3/t15-/m0/s1. The van der Waals surface area contributed by atoms with E-state index in [2.05, 4.69) is 19.9 Å². The minimum Gasteiger partial charge on any atom is -0.356 e. The van der Waals surface area contributed by atoms with Crippen LogP contribution in [0.5, 0.6) is 0 Å². The molecule has 4 rings (SSSR count). The van der Waals surface area contributed by atoms with E-state index in [1.807, 2.05) is 31.3 Å². The molecule has 154 valence electrons. The zero-order valence-corrected chi connectivity index (χ0v) is 17.0. The van der Waals surface area contributed by atoms with Crippen LogP contribution in [0.2, 0.25) is 0 Å². The zero-order valence-electron chi connectivity index (χ0n) is 16.2. The van der Waals surface area contributed by atoms with E-state index in [0.29, 0.717) is 31.0 Å². The molecule has 1 aliphatic rings. The summed E-state index contributed by atoms with van der Waals surface area (Å²) >= 11 is 0. The van der Waals surface area contributed by atoms with Crippen molar-refractivity contribution < 1.29 is 13.2 Å². The van der Waals surface area contributed by atoms with Gasteiger partial charge in [-0.15, -0.1) is 10.2 Å². The maximum absolute atomic E-state index is 13.0. The number of likely N-dealkylation sites (tertiary alicyclic amines) is 1. The van der Waals surface area contributed by atoms with Crippen molar-refractivity contribution in [2.75, 3.05) is 13.1 Å². The van der Waals surface area contributed by atoms with E-state index >= 15 is 0 Å². The van der Waals surface area contributed by atoms with E-state index in [4.69, 9.17) is 0 Å². The van der Waals surface area contributed by atoms with Crippen LogP contribution in [0.25, 0.3) is 5.65 Å². The van der Waals surface area contributed by atoms with Crippen molar-refractivity contribution in [2.24, 2.45) is 0 Å². The average molecular weight is 417 g/mol. The summed E-state index contributed by atoms with van der Waals surface area (Å²) in [4.78, 5) is 17.1. The number of H-pyrrole nitrogens is 1. The van der Waals surface area contributed by atoms with Crippen LogP contribution in [-0.4, -0.2) is 51.9 Å². The van der Waals surface area contributed by atoms with Gasteiger partial charge in [0, 0.05) is 25.5 Å². The molecule has 10 heteroatoms.